The van der Waals surface area contributed by atoms with Gasteiger partial charge < -0.3 is 10.2 Å². The van der Waals surface area contributed by atoms with Crippen molar-refractivity contribution in [1.29, 1.82) is 0 Å². The average Bonchev–Trinajstić information content (AvgIpc) is 3.27. The van der Waals surface area contributed by atoms with Crippen LogP contribution >= 0.6 is 15.9 Å². The summed E-state index contributed by atoms with van der Waals surface area (Å²) in [5.74, 6) is -0.555. The van der Waals surface area contributed by atoms with Gasteiger partial charge >= 0.3 is 0 Å². The number of carbonyl (C=O) groups is 2. The summed E-state index contributed by atoms with van der Waals surface area (Å²) < 4.78 is 15.9. The molecule has 6 nitrogen and oxygen atoms in total. The van der Waals surface area contributed by atoms with Crippen LogP contribution in [0.2, 0.25) is 0 Å². The lowest BCUT2D eigenvalue weighted by Crippen LogP contribution is -2.42. The van der Waals surface area contributed by atoms with Gasteiger partial charge in [-0.2, -0.15) is 5.10 Å². The van der Waals surface area contributed by atoms with Crippen molar-refractivity contribution < 1.29 is 14.0 Å². The number of rotatable bonds is 7. The number of halogens is 2. The maximum Gasteiger partial charge on any atom is 0.254 e. The number of nitrogens with one attached hydrogen (secondary N) is 1. The summed E-state index contributed by atoms with van der Waals surface area (Å²) in [7, 11) is 0. The van der Waals surface area contributed by atoms with Gasteiger partial charge in [0, 0.05) is 27.7 Å². The number of amides is 2. The minimum atomic E-state index is -0.368. The van der Waals surface area contributed by atoms with Gasteiger partial charge in [-0.05, 0) is 62.4 Å². The fraction of sp³-hybridized carbons (Fsp3) is 0.148. The van der Waals surface area contributed by atoms with Crippen LogP contribution in [0.4, 0.5) is 10.2 Å². The Morgan fingerprint density at radius 3 is 2.29 bits per heavy atom. The van der Waals surface area contributed by atoms with Crippen molar-refractivity contribution in [2.75, 3.05) is 11.9 Å². The van der Waals surface area contributed by atoms with Gasteiger partial charge in [0.25, 0.3) is 5.91 Å². The SMILES string of the molecule is CC(C)N(CC(=O)Nc1cc(-c2ccccc2)nn1-c1ccc(F)cc1)C(=O)c1ccc(Br)cc1. The van der Waals surface area contributed by atoms with E-state index in [0.29, 0.717) is 22.8 Å². The van der Waals surface area contributed by atoms with Crippen molar-refractivity contribution in [2.45, 2.75) is 19.9 Å². The summed E-state index contributed by atoms with van der Waals surface area (Å²) >= 11 is 3.37. The molecule has 0 aliphatic heterocycles. The Morgan fingerprint density at radius 1 is 1.00 bits per heavy atom. The molecule has 0 saturated carbocycles. The van der Waals surface area contributed by atoms with E-state index < -0.39 is 0 Å². The molecule has 2 amide bonds. The van der Waals surface area contributed by atoms with Crippen molar-refractivity contribution >= 4 is 33.6 Å². The van der Waals surface area contributed by atoms with Crippen LogP contribution in [0, 0.1) is 5.82 Å². The number of nitrogens with zero attached hydrogens (tertiary/aromatic N) is 3. The van der Waals surface area contributed by atoms with Crippen LogP contribution in [0.25, 0.3) is 16.9 Å². The smallest absolute Gasteiger partial charge is 0.254 e. The zero-order chi connectivity index (χ0) is 24.9. The van der Waals surface area contributed by atoms with Crippen molar-refractivity contribution in [1.82, 2.24) is 14.7 Å². The highest BCUT2D eigenvalue weighted by atomic mass is 79.9. The third-order valence-electron chi connectivity index (χ3n) is 5.41. The number of anilines is 1. The summed E-state index contributed by atoms with van der Waals surface area (Å²) in [6.45, 7) is 3.59. The van der Waals surface area contributed by atoms with Crippen LogP contribution in [0.3, 0.4) is 0 Å². The molecule has 0 unspecified atom stereocenters. The first-order valence-corrected chi connectivity index (χ1v) is 11.9. The molecule has 1 N–H and O–H groups in total. The molecule has 0 aliphatic carbocycles. The zero-order valence-corrected chi connectivity index (χ0v) is 20.9. The molecule has 0 atom stereocenters. The maximum absolute atomic E-state index is 13.5. The first kappa shape index (κ1) is 24.3. The molecule has 35 heavy (non-hydrogen) atoms. The van der Waals surface area contributed by atoms with Gasteiger partial charge in [0.05, 0.1) is 11.4 Å². The van der Waals surface area contributed by atoms with Crippen molar-refractivity contribution in [3.8, 4) is 16.9 Å². The molecule has 3 aromatic carbocycles. The van der Waals surface area contributed by atoms with E-state index >= 15 is 0 Å². The van der Waals surface area contributed by atoms with Gasteiger partial charge in [0.1, 0.15) is 18.2 Å². The summed E-state index contributed by atoms with van der Waals surface area (Å²) in [5, 5.41) is 7.51. The van der Waals surface area contributed by atoms with Crippen LogP contribution in [-0.2, 0) is 4.79 Å². The van der Waals surface area contributed by atoms with Gasteiger partial charge in [-0.3, -0.25) is 9.59 Å². The molecular formula is C27H24BrFN4O2. The molecule has 0 spiro atoms. The molecule has 1 heterocycles. The predicted octanol–water partition coefficient (Wildman–Crippen LogP) is 5.93. The van der Waals surface area contributed by atoms with E-state index in [2.05, 4.69) is 26.3 Å². The molecule has 4 aromatic rings. The molecule has 0 fully saturated rings. The highest BCUT2D eigenvalue weighted by Gasteiger charge is 2.23. The largest absolute Gasteiger partial charge is 0.327 e. The van der Waals surface area contributed by atoms with Crippen LogP contribution in [0.1, 0.15) is 24.2 Å². The Kier molecular flexibility index (Phi) is 7.41. The number of hydrogen-bond acceptors (Lipinski definition) is 3. The fourth-order valence-corrected chi connectivity index (χ4v) is 3.85. The van der Waals surface area contributed by atoms with Gasteiger partial charge in [-0.25, -0.2) is 9.07 Å². The number of benzene rings is 3. The van der Waals surface area contributed by atoms with Gasteiger partial charge in [-0.15, -0.1) is 0 Å². The van der Waals surface area contributed by atoms with E-state index in [1.165, 1.54) is 17.0 Å². The fourth-order valence-electron chi connectivity index (χ4n) is 3.58. The quantitative estimate of drug-likeness (QED) is 0.319. The first-order chi connectivity index (χ1) is 16.8. The Balaban J connectivity index is 1.60. The van der Waals surface area contributed by atoms with E-state index in [1.807, 2.05) is 44.2 Å². The second-order valence-corrected chi connectivity index (χ2v) is 9.17. The van der Waals surface area contributed by atoms with Gasteiger partial charge in [0.15, 0.2) is 0 Å². The van der Waals surface area contributed by atoms with Gasteiger partial charge in [0.2, 0.25) is 5.91 Å². The molecule has 1 aromatic heterocycles. The lowest BCUT2D eigenvalue weighted by atomic mass is 10.1. The minimum Gasteiger partial charge on any atom is -0.327 e. The van der Waals surface area contributed by atoms with E-state index in [9.17, 15) is 14.0 Å². The standard InChI is InChI=1S/C27H24BrFN4O2/c1-18(2)32(27(35)20-8-10-21(28)11-9-20)17-26(34)30-25-16-24(19-6-4-3-5-7-19)31-33(25)23-14-12-22(29)13-15-23/h3-16,18H,17H2,1-2H3,(H,30,34). The Hall–Kier alpha value is -3.78. The van der Waals surface area contributed by atoms with Crippen molar-refractivity contribution in [3.63, 3.8) is 0 Å². The molecule has 0 radical (unpaired) electrons. The Bertz CT molecular complexity index is 1320. The average molecular weight is 535 g/mol. The topological polar surface area (TPSA) is 67.2 Å². The maximum atomic E-state index is 13.5. The molecule has 8 heteroatoms. The van der Waals surface area contributed by atoms with Crippen molar-refractivity contribution in [3.05, 3.63) is 101 Å². The second kappa shape index (κ2) is 10.7. The molecule has 4 rings (SSSR count). The summed E-state index contributed by atoms with van der Waals surface area (Å²) in [6.07, 6.45) is 0. The third-order valence-corrected chi connectivity index (χ3v) is 5.94. The normalized spacial score (nSPS) is 10.9. The zero-order valence-electron chi connectivity index (χ0n) is 19.3. The summed E-state index contributed by atoms with van der Waals surface area (Å²) in [5.41, 5.74) is 2.61. The van der Waals surface area contributed by atoms with Gasteiger partial charge in [-0.1, -0.05) is 46.3 Å². The Labute approximate surface area is 211 Å². The van der Waals surface area contributed by atoms with Crippen LogP contribution in [0.5, 0.6) is 0 Å². The van der Waals surface area contributed by atoms with Crippen LogP contribution in [0.15, 0.2) is 89.4 Å². The van der Waals surface area contributed by atoms with Crippen molar-refractivity contribution in [2.24, 2.45) is 0 Å². The molecule has 0 aliphatic rings. The summed E-state index contributed by atoms with van der Waals surface area (Å²) in [4.78, 5) is 27.7. The molecule has 0 bridgehead atoms. The Morgan fingerprint density at radius 2 is 1.66 bits per heavy atom. The highest BCUT2D eigenvalue weighted by molar-refractivity contribution is 9.10. The highest BCUT2D eigenvalue weighted by Crippen LogP contribution is 2.25. The number of carbonyl (C=O) groups excluding carboxylic acids is 2. The lowest BCUT2D eigenvalue weighted by Gasteiger charge is -2.26. The molecular weight excluding hydrogens is 511 g/mol. The third kappa shape index (κ3) is 5.84. The van der Waals surface area contributed by atoms with E-state index in [4.69, 9.17) is 0 Å². The predicted molar refractivity (Wildman–Crippen MR) is 138 cm³/mol. The number of aromatic nitrogens is 2. The van der Waals surface area contributed by atoms with E-state index in [1.54, 1.807) is 47.1 Å². The van der Waals surface area contributed by atoms with Crippen LogP contribution < -0.4 is 5.32 Å². The minimum absolute atomic E-state index is 0.137. The molecule has 0 saturated heterocycles. The van der Waals surface area contributed by atoms with Crippen LogP contribution in [-0.4, -0.2) is 39.1 Å². The van der Waals surface area contributed by atoms with E-state index in [-0.39, 0.29) is 30.2 Å². The second-order valence-electron chi connectivity index (χ2n) is 8.25. The molecule has 178 valence electrons. The monoisotopic (exact) mass is 534 g/mol. The summed E-state index contributed by atoms with van der Waals surface area (Å²) in [6, 6.07) is 24.0. The first-order valence-electron chi connectivity index (χ1n) is 11.1. The lowest BCUT2D eigenvalue weighted by molar-refractivity contribution is -0.117. The number of hydrogen-bond donors (Lipinski definition) is 1. The van der Waals surface area contributed by atoms with E-state index in [0.717, 1.165) is 10.0 Å².